The van der Waals surface area contributed by atoms with Crippen LogP contribution in [0.2, 0.25) is 0 Å². The summed E-state index contributed by atoms with van der Waals surface area (Å²) in [5, 5.41) is 8.51. The van der Waals surface area contributed by atoms with Crippen molar-refractivity contribution in [2.24, 2.45) is 5.73 Å². The van der Waals surface area contributed by atoms with E-state index in [-0.39, 0.29) is 6.04 Å². The summed E-state index contributed by atoms with van der Waals surface area (Å²) in [7, 11) is 0. The fourth-order valence-corrected chi connectivity index (χ4v) is 2.32. The van der Waals surface area contributed by atoms with Crippen molar-refractivity contribution >= 4 is 0 Å². The average Bonchev–Trinajstić information content (AvgIpc) is 2.75. The SMILES string of the molecule is Cc1ccc(-c2nnc3n2CCCC3N)cc1. The minimum atomic E-state index is 0.0375. The van der Waals surface area contributed by atoms with E-state index in [0.717, 1.165) is 36.6 Å². The molecular weight excluding hydrogens is 212 g/mol. The van der Waals surface area contributed by atoms with Crippen LogP contribution in [0.5, 0.6) is 0 Å². The summed E-state index contributed by atoms with van der Waals surface area (Å²) in [5.74, 6) is 1.86. The highest BCUT2D eigenvalue weighted by molar-refractivity contribution is 5.56. The molecule has 0 bridgehead atoms. The van der Waals surface area contributed by atoms with Gasteiger partial charge in [-0.3, -0.25) is 0 Å². The lowest BCUT2D eigenvalue weighted by molar-refractivity contribution is 0.454. The maximum Gasteiger partial charge on any atom is 0.164 e. The van der Waals surface area contributed by atoms with Gasteiger partial charge in [0.1, 0.15) is 5.82 Å². The van der Waals surface area contributed by atoms with Crippen LogP contribution in [-0.2, 0) is 6.54 Å². The number of aromatic nitrogens is 3. The topological polar surface area (TPSA) is 56.7 Å². The summed E-state index contributed by atoms with van der Waals surface area (Å²) in [5.41, 5.74) is 8.41. The van der Waals surface area contributed by atoms with E-state index in [1.165, 1.54) is 5.56 Å². The van der Waals surface area contributed by atoms with Gasteiger partial charge in [0.25, 0.3) is 0 Å². The second-order valence-corrected chi connectivity index (χ2v) is 4.65. The summed E-state index contributed by atoms with van der Waals surface area (Å²) in [6.45, 7) is 3.05. The molecule has 2 N–H and O–H groups in total. The van der Waals surface area contributed by atoms with Gasteiger partial charge in [-0.15, -0.1) is 10.2 Å². The summed E-state index contributed by atoms with van der Waals surface area (Å²) < 4.78 is 2.15. The molecule has 0 aliphatic carbocycles. The average molecular weight is 228 g/mol. The van der Waals surface area contributed by atoms with E-state index in [2.05, 4.69) is 46.0 Å². The second-order valence-electron chi connectivity index (χ2n) is 4.65. The smallest absolute Gasteiger partial charge is 0.164 e. The van der Waals surface area contributed by atoms with Crippen LogP contribution in [0.3, 0.4) is 0 Å². The lowest BCUT2D eigenvalue weighted by Crippen LogP contribution is -2.22. The first-order valence-electron chi connectivity index (χ1n) is 6.01. The third-order valence-corrected chi connectivity index (χ3v) is 3.32. The van der Waals surface area contributed by atoms with Crippen molar-refractivity contribution in [1.29, 1.82) is 0 Å². The zero-order valence-electron chi connectivity index (χ0n) is 9.93. The van der Waals surface area contributed by atoms with Crippen molar-refractivity contribution < 1.29 is 0 Å². The molecule has 1 aromatic heterocycles. The molecule has 0 radical (unpaired) electrons. The number of benzene rings is 1. The Morgan fingerprint density at radius 2 is 2.00 bits per heavy atom. The Kier molecular flexibility index (Phi) is 2.44. The van der Waals surface area contributed by atoms with Crippen LogP contribution in [0.4, 0.5) is 0 Å². The monoisotopic (exact) mass is 228 g/mol. The van der Waals surface area contributed by atoms with E-state index < -0.39 is 0 Å². The van der Waals surface area contributed by atoms with Crippen LogP contribution in [-0.4, -0.2) is 14.8 Å². The molecule has 1 aliphatic heterocycles. The Hall–Kier alpha value is -1.68. The highest BCUT2D eigenvalue weighted by Crippen LogP contribution is 2.27. The number of nitrogens with two attached hydrogens (primary N) is 1. The number of nitrogens with zero attached hydrogens (tertiary/aromatic N) is 3. The van der Waals surface area contributed by atoms with E-state index in [1.54, 1.807) is 0 Å². The van der Waals surface area contributed by atoms with Gasteiger partial charge in [0.05, 0.1) is 6.04 Å². The Balaban J connectivity index is 2.07. The minimum absolute atomic E-state index is 0.0375. The van der Waals surface area contributed by atoms with Crippen LogP contribution in [0.15, 0.2) is 24.3 Å². The van der Waals surface area contributed by atoms with E-state index in [1.807, 2.05) is 0 Å². The third kappa shape index (κ3) is 1.74. The first-order valence-corrected chi connectivity index (χ1v) is 6.01. The molecule has 17 heavy (non-hydrogen) atoms. The molecule has 4 heteroatoms. The van der Waals surface area contributed by atoms with Crippen molar-refractivity contribution in [2.45, 2.75) is 32.4 Å². The first kappa shape index (κ1) is 10.5. The highest BCUT2D eigenvalue weighted by Gasteiger charge is 2.22. The molecule has 1 unspecified atom stereocenters. The van der Waals surface area contributed by atoms with Crippen LogP contribution >= 0.6 is 0 Å². The van der Waals surface area contributed by atoms with Gasteiger partial charge < -0.3 is 10.3 Å². The second kappa shape index (κ2) is 3.96. The van der Waals surface area contributed by atoms with Gasteiger partial charge in [-0.2, -0.15) is 0 Å². The molecule has 1 atom stereocenters. The molecule has 0 fully saturated rings. The van der Waals surface area contributed by atoms with Crippen molar-refractivity contribution in [1.82, 2.24) is 14.8 Å². The van der Waals surface area contributed by atoms with Crippen molar-refractivity contribution in [3.05, 3.63) is 35.7 Å². The Bertz CT molecular complexity index is 527. The summed E-state index contributed by atoms with van der Waals surface area (Å²) in [6.07, 6.45) is 2.11. The van der Waals surface area contributed by atoms with Gasteiger partial charge in [0, 0.05) is 12.1 Å². The number of fused-ring (bicyclic) bond motifs is 1. The molecule has 0 saturated carbocycles. The molecule has 0 spiro atoms. The Labute approximate surface area is 100 Å². The maximum absolute atomic E-state index is 6.04. The largest absolute Gasteiger partial charge is 0.321 e. The molecule has 4 nitrogen and oxygen atoms in total. The number of rotatable bonds is 1. The van der Waals surface area contributed by atoms with E-state index in [9.17, 15) is 0 Å². The molecule has 1 aliphatic rings. The van der Waals surface area contributed by atoms with E-state index in [4.69, 9.17) is 5.73 Å². The molecule has 3 rings (SSSR count). The van der Waals surface area contributed by atoms with Gasteiger partial charge in [-0.25, -0.2) is 0 Å². The third-order valence-electron chi connectivity index (χ3n) is 3.32. The molecule has 2 heterocycles. The van der Waals surface area contributed by atoms with Gasteiger partial charge >= 0.3 is 0 Å². The summed E-state index contributed by atoms with van der Waals surface area (Å²) in [4.78, 5) is 0. The van der Waals surface area contributed by atoms with E-state index in [0.29, 0.717) is 0 Å². The predicted octanol–water partition coefficient (Wildman–Crippen LogP) is 2.05. The fourth-order valence-electron chi connectivity index (χ4n) is 2.32. The molecule has 0 saturated heterocycles. The maximum atomic E-state index is 6.04. The van der Waals surface area contributed by atoms with Crippen LogP contribution < -0.4 is 5.73 Å². The number of aryl methyl sites for hydroxylation is 1. The number of hydrogen-bond donors (Lipinski definition) is 1. The van der Waals surface area contributed by atoms with Crippen LogP contribution in [0, 0.1) is 6.92 Å². The van der Waals surface area contributed by atoms with Gasteiger partial charge in [0.2, 0.25) is 0 Å². The molecule has 88 valence electrons. The van der Waals surface area contributed by atoms with Crippen LogP contribution in [0.25, 0.3) is 11.4 Å². The van der Waals surface area contributed by atoms with Crippen molar-refractivity contribution in [3.63, 3.8) is 0 Å². The Morgan fingerprint density at radius 1 is 1.24 bits per heavy atom. The number of hydrogen-bond acceptors (Lipinski definition) is 3. The van der Waals surface area contributed by atoms with Crippen molar-refractivity contribution in [2.75, 3.05) is 0 Å². The molecule has 0 amide bonds. The van der Waals surface area contributed by atoms with Gasteiger partial charge in [0.15, 0.2) is 5.82 Å². The summed E-state index contributed by atoms with van der Waals surface area (Å²) >= 11 is 0. The molecule has 2 aromatic rings. The minimum Gasteiger partial charge on any atom is -0.321 e. The first-order chi connectivity index (χ1) is 8.25. The highest BCUT2D eigenvalue weighted by atomic mass is 15.3. The van der Waals surface area contributed by atoms with Gasteiger partial charge in [-0.1, -0.05) is 29.8 Å². The zero-order valence-corrected chi connectivity index (χ0v) is 9.93. The zero-order chi connectivity index (χ0) is 11.8. The normalized spacial score (nSPS) is 19.1. The van der Waals surface area contributed by atoms with Crippen LogP contribution in [0.1, 0.15) is 30.3 Å². The molecule has 1 aromatic carbocycles. The lowest BCUT2D eigenvalue weighted by atomic mass is 10.1. The van der Waals surface area contributed by atoms with E-state index >= 15 is 0 Å². The fraction of sp³-hybridized carbons (Fsp3) is 0.385. The Morgan fingerprint density at radius 3 is 2.76 bits per heavy atom. The standard InChI is InChI=1S/C13H16N4/c1-9-4-6-10(7-5-9)12-15-16-13-11(14)3-2-8-17(12)13/h4-7,11H,2-3,8,14H2,1H3. The quantitative estimate of drug-likeness (QED) is 0.812. The molecular formula is C13H16N4. The van der Waals surface area contributed by atoms with Crippen molar-refractivity contribution in [3.8, 4) is 11.4 Å². The van der Waals surface area contributed by atoms with Gasteiger partial charge in [-0.05, 0) is 19.8 Å². The summed E-state index contributed by atoms with van der Waals surface area (Å²) in [6, 6.07) is 8.41. The predicted molar refractivity (Wildman–Crippen MR) is 66.4 cm³/mol. The lowest BCUT2D eigenvalue weighted by Gasteiger charge is -2.20.